The summed E-state index contributed by atoms with van der Waals surface area (Å²) in [5, 5.41) is 11.9. The molecule has 0 fully saturated rings. The van der Waals surface area contributed by atoms with E-state index in [-0.39, 0.29) is 19.0 Å². The fourth-order valence-electron chi connectivity index (χ4n) is 4.56. The zero-order valence-corrected chi connectivity index (χ0v) is 24.7. The Morgan fingerprint density at radius 1 is 0.976 bits per heavy atom. The Hall–Kier alpha value is -4.31. The van der Waals surface area contributed by atoms with E-state index < -0.39 is 17.5 Å². The molecule has 0 saturated carbocycles. The maximum absolute atomic E-state index is 14.2. The van der Waals surface area contributed by atoms with E-state index in [0.29, 0.717) is 44.4 Å². The number of carbonyl (C=O) groups excluding carboxylic acids is 2. The fourth-order valence-corrected chi connectivity index (χ4v) is 4.75. The summed E-state index contributed by atoms with van der Waals surface area (Å²) < 4.78 is 18.2. The Labute approximate surface area is 244 Å². The SMILES string of the molecule is COc1cc(C(C(=O)NC(C)(C)C)N(Cc2ccccc2Cl)C(=O)Cn2nnc3ccccc32)cc(OC)c1OC. The molecule has 41 heavy (non-hydrogen) atoms. The maximum Gasteiger partial charge on any atom is 0.247 e. The summed E-state index contributed by atoms with van der Waals surface area (Å²) in [6.45, 7) is 5.51. The number of hydrogen-bond donors (Lipinski definition) is 1. The van der Waals surface area contributed by atoms with E-state index in [0.717, 1.165) is 0 Å². The van der Waals surface area contributed by atoms with Crippen molar-refractivity contribution in [1.82, 2.24) is 25.2 Å². The van der Waals surface area contributed by atoms with E-state index in [1.54, 1.807) is 18.2 Å². The molecule has 4 aromatic rings. The third-order valence-corrected chi connectivity index (χ3v) is 6.75. The van der Waals surface area contributed by atoms with Crippen LogP contribution in [0.3, 0.4) is 0 Å². The van der Waals surface area contributed by atoms with Crippen molar-refractivity contribution < 1.29 is 23.8 Å². The van der Waals surface area contributed by atoms with Gasteiger partial charge in [0.1, 0.15) is 18.1 Å². The Bertz CT molecular complexity index is 1520. The minimum absolute atomic E-state index is 0.0457. The predicted molar refractivity (Wildman–Crippen MR) is 156 cm³/mol. The van der Waals surface area contributed by atoms with Crippen LogP contribution >= 0.6 is 11.6 Å². The summed E-state index contributed by atoms with van der Waals surface area (Å²) >= 11 is 6.54. The van der Waals surface area contributed by atoms with Crippen molar-refractivity contribution in [2.24, 2.45) is 0 Å². The average Bonchev–Trinajstić information content (AvgIpc) is 3.34. The number of hydrogen-bond acceptors (Lipinski definition) is 7. The van der Waals surface area contributed by atoms with Gasteiger partial charge in [-0.2, -0.15) is 0 Å². The first kappa shape index (κ1) is 29.7. The van der Waals surface area contributed by atoms with Crippen molar-refractivity contribution in [2.45, 2.75) is 45.4 Å². The molecule has 1 N–H and O–H groups in total. The summed E-state index contributed by atoms with van der Waals surface area (Å²) in [7, 11) is 4.49. The second kappa shape index (κ2) is 12.5. The van der Waals surface area contributed by atoms with Gasteiger partial charge in [0.05, 0.1) is 26.8 Å². The number of ether oxygens (including phenoxy) is 3. The minimum atomic E-state index is -1.10. The standard InChI is InChI=1S/C30H34ClN5O5/c1-30(2,3)32-29(38)27(20-15-24(39-4)28(41-6)25(16-20)40-5)35(17-19-11-7-8-12-21(19)31)26(37)18-36-23-14-10-9-13-22(23)33-34-36/h7-16,27H,17-18H2,1-6H3,(H,32,38). The van der Waals surface area contributed by atoms with Gasteiger partial charge in [-0.15, -0.1) is 5.10 Å². The van der Waals surface area contributed by atoms with Crippen LogP contribution in [0.25, 0.3) is 11.0 Å². The first-order valence-electron chi connectivity index (χ1n) is 13.0. The molecule has 10 nitrogen and oxygen atoms in total. The van der Waals surface area contributed by atoms with Crippen molar-refractivity contribution >= 4 is 34.4 Å². The molecule has 1 unspecified atom stereocenters. The van der Waals surface area contributed by atoms with Crippen molar-refractivity contribution in [3.05, 3.63) is 76.8 Å². The topological polar surface area (TPSA) is 108 Å². The highest BCUT2D eigenvalue weighted by atomic mass is 35.5. The number of nitrogens with one attached hydrogen (secondary N) is 1. The first-order valence-corrected chi connectivity index (χ1v) is 13.4. The van der Waals surface area contributed by atoms with Gasteiger partial charge in [-0.25, -0.2) is 4.68 Å². The molecular formula is C30H34ClN5O5. The van der Waals surface area contributed by atoms with Crippen LogP contribution in [-0.4, -0.2) is 58.6 Å². The largest absolute Gasteiger partial charge is 0.493 e. The van der Waals surface area contributed by atoms with Crippen LogP contribution in [0.4, 0.5) is 0 Å². The van der Waals surface area contributed by atoms with Gasteiger partial charge in [0.25, 0.3) is 0 Å². The first-order chi connectivity index (χ1) is 19.6. The molecule has 0 aliphatic rings. The van der Waals surface area contributed by atoms with E-state index in [9.17, 15) is 9.59 Å². The molecule has 0 radical (unpaired) electrons. The minimum Gasteiger partial charge on any atom is -0.493 e. The number of benzene rings is 3. The van der Waals surface area contributed by atoms with Crippen molar-refractivity contribution in [3.8, 4) is 17.2 Å². The maximum atomic E-state index is 14.2. The Morgan fingerprint density at radius 3 is 2.22 bits per heavy atom. The fraction of sp³-hybridized carbons (Fsp3) is 0.333. The molecule has 0 bridgehead atoms. The molecule has 0 spiro atoms. The number of rotatable bonds is 10. The van der Waals surface area contributed by atoms with E-state index in [1.165, 1.54) is 30.9 Å². The number of carbonyl (C=O) groups is 2. The van der Waals surface area contributed by atoms with Crippen LogP contribution in [-0.2, 0) is 22.7 Å². The van der Waals surface area contributed by atoms with Crippen LogP contribution in [0.1, 0.15) is 37.9 Å². The molecule has 4 rings (SSSR count). The zero-order valence-electron chi connectivity index (χ0n) is 24.0. The molecule has 1 atom stereocenters. The van der Waals surface area contributed by atoms with E-state index in [4.69, 9.17) is 25.8 Å². The molecular weight excluding hydrogens is 546 g/mol. The number of halogens is 1. The molecule has 11 heteroatoms. The van der Waals surface area contributed by atoms with Crippen molar-refractivity contribution in [3.63, 3.8) is 0 Å². The summed E-state index contributed by atoms with van der Waals surface area (Å²) in [5.41, 5.74) is 1.90. The van der Waals surface area contributed by atoms with Crippen LogP contribution in [0, 0.1) is 0 Å². The van der Waals surface area contributed by atoms with Crippen LogP contribution in [0.2, 0.25) is 5.02 Å². The molecule has 2 amide bonds. The van der Waals surface area contributed by atoms with E-state index >= 15 is 0 Å². The highest BCUT2D eigenvalue weighted by molar-refractivity contribution is 6.31. The van der Waals surface area contributed by atoms with E-state index in [1.807, 2.05) is 63.2 Å². The zero-order chi connectivity index (χ0) is 29.7. The summed E-state index contributed by atoms with van der Waals surface area (Å²) in [6.07, 6.45) is 0. The Balaban J connectivity index is 1.88. The molecule has 3 aromatic carbocycles. The van der Waals surface area contributed by atoms with Crippen LogP contribution < -0.4 is 19.5 Å². The lowest BCUT2D eigenvalue weighted by atomic mass is 9.99. The summed E-state index contributed by atoms with van der Waals surface area (Å²) in [5.74, 6) is 0.302. The Kier molecular flexibility index (Phi) is 9.02. The monoisotopic (exact) mass is 579 g/mol. The second-order valence-corrected chi connectivity index (χ2v) is 10.9. The van der Waals surface area contributed by atoms with Gasteiger partial charge < -0.3 is 24.4 Å². The van der Waals surface area contributed by atoms with Gasteiger partial charge in [0.2, 0.25) is 17.6 Å². The lowest BCUT2D eigenvalue weighted by Crippen LogP contribution is -2.49. The number of amides is 2. The molecule has 1 heterocycles. The van der Waals surface area contributed by atoms with Gasteiger partial charge >= 0.3 is 0 Å². The third-order valence-electron chi connectivity index (χ3n) is 6.39. The van der Waals surface area contributed by atoms with Gasteiger partial charge in [-0.3, -0.25) is 9.59 Å². The molecule has 216 valence electrons. The number of para-hydroxylation sites is 1. The van der Waals surface area contributed by atoms with Crippen LogP contribution in [0.5, 0.6) is 17.2 Å². The number of aromatic nitrogens is 3. The molecule has 0 aliphatic heterocycles. The lowest BCUT2D eigenvalue weighted by molar-refractivity contribution is -0.142. The highest BCUT2D eigenvalue weighted by Crippen LogP contribution is 2.41. The van der Waals surface area contributed by atoms with Crippen molar-refractivity contribution in [1.29, 1.82) is 0 Å². The number of methoxy groups -OCH3 is 3. The van der Waals surface area contributed by atoms with Gasteiger partial charge in [0.15, 0.2) is 11.5 Å². The normalized spacial score (nSPS) is 12.1. The third kappa shape index (κ3) is 6.71. The van der Waals surface area contributed by atoms with Gasteiger partial charge in [-0.1, -0.05) is 47.1 Å². The number of fused-ring (bicyclic) bond motifs is 1. The second-order valence-electron chi connectivity index (χ2n) is 10.4. The highest BCUT2D eigenvalue weighted by Gasteiger charge is 2.35. The van der Waals surface area contributed by atoms with Gasteiger partial charge in [-0.05, 0) is 62.2 Å². The Morgan fingerprint density at radius 2 is 1.61 bits per heavy atom. The predicted octanol–water partition coefficient (Wildman–Crippen LogP) is 4.80. The smallest absolute Gasteiger partial charge is 0.247 e. The van der Waals surface area contributed by atoms with E-state index in [2.05, 4.69) is 15.6 Å². The summed E-state index contributed by atoms with van der Waals surface area (Å²) in [6, 6.07) is 16.8. The molecule has 0 saturated heterocycles. The van der Waals surface area contributed by atoms with Crippen molar-refractivity contribution in [2.75, 3.05) is 21.3 Å². The van der Waals surface area contributed by atoms with Crippen LogP contribution in [0.15, 0.2) is 60.7 Å². The molecule has 0 aliphatic carbocycles. The lowest BCUT2D eigenvalue weighted by Gasteiger charge is -2.34. The number of nitrogens with zero attached hydrogens (tertiary/aromatic N) is 4. The quantitative estimate of drug-likeness (QED) is 0.288. The summed E-state index contributed by atoms with van der Waals surface area (Å²) in [4.78, 5) is 29.8. The molecule has 1 aromatic heterocycles. The van der Waals surface area contributed by atoms with Gasteiger partial charge in [0, 0.05) is 17.1 Å². The average molecular weight is 580 g/mol.